The maximum absolute atomic E-state index is 10.4. The fraction of sp³-hybridized carbons (Fsp3) is 0.214. The number of hydrogen-bond acceptors (Lipinski definition) is 4. The summed E-state index contributed by atoms with van der Waals surface area (Å²) >= 11 is 0. The third-order valence-corrected chi connectivity index (χ3v) is 2.50. The predicted molar refractivity (Wildman–Crippen MR) is 67.7 cm³/mol. The summed E-state index contributed by atoms with van der Waals surface area (Å²) in [6, 6.07) is 10.5. The first-order valence-electron chi connectivity index (χ1n) is 5.80. The van der Waals surface area contributed by atoms with Crippen molar-refractivity contribution in [1.82, 2.24) is 0 Å². The first kappa shape index (κ1) is 13.0. The summed E-state index contributed by atoms with van der Waals surface area (Å²) in [6.45, 7) is 0. The van der Waals surface area contributed by atoms with E-state index in [9.17, 15) is 4.79 Å². The molecular weight excluding hydrogens is 248 g/mol. The first-order valence-corrected chi connectivity index (χ1v) is 5.80. The average molecular weight is 262 g/mol. The van der Waals surface area contributed by atoms with Crippen molar-refractivity contribution < 1.29 is 23.8 Å². The smallest absolute Gasteiger partial charge is 0.303 e. The van der Waals surface area contributed by atoms with Crippen LogP contribution in [-0.2, 0) is 11.2 Å². The van der Waals surface area contributed by atoms with Crippen molar-refractivity contribution in [1.29, 1.82) is 0 Å². The molecule has 0 unspecified atom stereocenters. The van der Waals surface area contributed by atoms with Crippen LogP contribution in [0.4, 0.5) is 0 Å². The number of hydrogen-bond donors (Lipinski definition) is 1. The van der Waals surface area contributed by atoms with E-state index in [0.29, 0.717) is 23.9 Å². The number of aryl methyl sites for hydroxylation is 1. The third kappa shape index (κ3) is 3.77. The van der Waals surface area contributed by atoms with Gasteiger partial charge in [0.15, 0.2) is 0 Å². The maximum atomic E-state index is 10.4. The van der Waals surface area contributed by atoms with Gasteiger partial charge < -0.3 is 19.0 Å². The van der Waals surface area contributed by atoms with Crippen molar-refractivity contribution in [2.45, 2.75) is 12.8 Å². The van der Waals surface area contributed by atoms with Gasteiger partial charge in [-0.15, -0.1) is 0 Å². The lowest BCUT2D eigenvalue weighted by Gasteiger charge is -2.03. The largest absolute Gasteiger partial charge is 0.497 e. The van der Waals surface area contributed by atoms with E-state index >= 15 is 0 Å². The Labute approximate surface area is 110 Å². The summed E-state index contributed by atoms with van der Waals surface area (Å²) < 4.78 is 15.9. The number of rotatable bonds is 6. The molecule has 2 rings (SSSR count). The van der Waals surface area contributed by atoms with Crippen molar-refractivity contribution in [2.24, 2.45) is 0 Å². The minimum absolute atomic E-state index is 0.0372. The second-order valence-electron chi connectivity index (χ2n) is 3.89. The highest BCUT2D eigenvalue weighted by Crippen LogP contribution is 2.25. The molecule has 0 spiro atoms. The van der Waals surface area contributed by atoms with Gasteiger partial charge in [-0.05, 0) is 30.3 Å². The molecule has 1 aromatic heterocycles. The zero-order chi connectivity index (χ0) is 13.7. The molecule has 0 aliphatic heterocycles. The van der Waals surface area contributed by atoms with Crippen LogP contribution in [0.2, 0.25) is 0 Å². The standard InChI is InChI=1S/C14H14O5/c1-17-10-2-4-11(5-3-10)18-14-9-7-12(19-14)6-8-13(15)16/h2-5,7,9H,6,8H2,1H3,(H,15,16). The Bertz CT molecular complexity index is 541. The van der Waals surface area contributed by atoms with E-state index in [-0.39, 0.29) is 6.42 Å². The van der Waals surface area contributed by atoms with E-state index in [0.717, 1.165) is 5.75 Å². The van der Waals surface area contributed by atoms with Crippen LogP contribution in [0.3, 0.4) is 0 Å². The molecule has 0 saturated heterocycles. The highest BCUT2D eigenvalue weighted by molar-refractivity contribution is 5.66. The maximum Gasteiger partial charge on any atom is 0.303 e. The summed E-state index contributed by atoms with van der Waals surface area (Å²) in [5, 5.41) is 8.58. The van der Waals surface area contributed by atoms with Crippen molar-refractivity contribution in [2.75, 3.05) is 7.11 Å². The Morgan fingerprint density at radius 1 is 1.16 bits per heavy atom. The molecule has 0 aliphatic rings. The Morgan fingerprint density at radius 3 is 2.47 bits per heavy atom. The van der Waals surface area contributed by atoms with Crippen LogP contribution in [0.15, 0.2) is 40.8 Å². The van der Waals surface area contributed by atoms with Crippen molar-refractivity contribution in [3.05, 3.63) is 42.2 Å². The fourth-order valence-corrected chi connectivity index (χ4v) is 1.54. The molecule has 0 bridgehead atoms. The van der Waals surface area contributed by atoms with Crippen molar-refractivity contribution in [3.8, 4) is 17.4 Å². The lowest BCUT2D eigenvalue weighted by Crippen LogP contribution is -1.96. The quantitative estimate of drug-likeness (QED) is 0.866. The van der Waals surface area contributed by atoms with E-state index in [4.69, 9.17) is 19.0 Å². The van der Waals surface area contributed by atoms with Gasteiger partial charge in [-0.1, -0.05) is 0 Å². The van der Waals surface area contributed by atoms with Gasteiger partial charge in [0.2, 0.25) is 0 Å². The van der Waals surface area contributed by atoms with E-state index in [1.165, 1.54) is 0 Å². The minimum Gasteiger partial charge on any atom is -0.497 e. The Hall–Kier alpha value is -2.43. The molecule has 1 aromatic carbocycles. The monoisotopic (exact) mass is 262 g/mol. The fourth-order valence-electron chi connectivity index (χ4n) is 1.54. The Balaban J connectivity index is 1.96. The highest BCUT2D eigenvalue weighted by Gasteiger charge is 2.06. The molecule has 19 heavy (non-hydrogen) atoms. The van der Waals surface area contributed by atoms with Crippen LogP contribution < -0.4 is 9.47 Å². The normalized spacial score (nSPS) is 10.2. The molecule has 1 heterocycles. The van der Waals surface area contributed by atoms with Crippen LogP contribution >= 0.6 is 0 Å². The second kappa shape index (κ2) is 5.95. The topological polar surface area (TPSA) is 68.9 Å². The number of methoxy groups -OCH3 is 1. The summed E-state index contributed by atoms with van der Waals surface area (Å²) in [7, 11) is 1.59. The van der Waals surface area contributed by atoms with E-state index in [1.807, 2.05) is 0 Å². The zero-order valence-electron chi connectivity index (χ0n) is 10.5. The van der Waals surface area contributed by atoms with Gasteiger partial charge in [0.05, 0.1) is 13.5 Å². The van der Waals surface area contributed by atoms with Gasteiger partial charge in [0.1, 0.15) is 17.3 Å². The number of carboxylic acid groups (broad SMARTS) is 1. The molecule has 0 radical (unpaired) electrons. The molecule has 5 nitrogen and oxygen atoms in total. The minimum atomic E-state index is -0.853. The molecule has 1 N–H and O–H groups in total. The number of furan rings is 1. The van der Waals surface area contributed by atoms with Gasteiger partial charge in [-0.3, -0.25) is 4.79 Å². The van der Waals surface area contributed by atoms with Crippen LogP contribution in [0.25, 0.3) is 0 Å². The van der Waals surface area contributed by atoms with Crippen molar-refractivity contribution in [3.63, 3.8) is 0 Å². The number of carboxylic acids is 1. The zero-order valence-corrected chi connectivity index (χ0v) is 10.5. The van der Waals surface area contributed by atoms with E-state index in [1.54, 1.807) is 43.5 Å². The first-order chi connectivity index (χ1) is 9.17. The molecule has 2 aromatic rings. The SMILES string of the molecule is COc1ccc(Oc2ccc(CCC(=O)O)o2)cc1. The molecule has 0 fully saturated rings. The van der Waals surface area contributed by atoms with E-state index in [2.05, 4.69) is 0 Å². The summed E-state index contributed by atoms with van der Waals surface area (Å²) in [5.74, 6) is 1.44. The third-order valence-electron chi connectivity index (χ3n) is 2.50. The average Bonchev–Trinajstić information content (AvgIpc) is 2.85. The van der Waals surface area contributed by atoms with Crippen LogP contribution in [-0.4, -0.2) is 18.2 Å². The molecule has 5 heteroatoms. The Kier molecular flexibility index (Phi) is 4.07. The Morgan fingerprint density at radius 2 is 1.84 bits per heavy atom. The van der Waals surface area contributed by atoms with Crippen LogP contribution in [0.1, 0.15) is 12.2 Å². The summed E-state index contributed by atoms with van der Waals surface area (Å²) in [4.78, 5) is 10.4. The van der Waals surface area contributed by atoms with E-state index < -0.39 is 5.97 Å². The number of carbonyl (C=O) groups is 1. The second-order valence-corrected chi connectivity index (χ2v) is 3.89. The highest BCUT2D eigenvalue weighted by atomic mass is 16.6. The summed E-state index contributed by atoms with van der Waals surface area (Å²) in [6.07, 6.45) is 0.386. The van der Waals surface area contributed by atoms with Crippen LogP contribution in [0, 0.1) is 0 Å². The number of aliphatic carboxylic acids is 1. The molecule has 0 saturated carbocycles. The summed E-state index contributed by atoms with van der Waals surface area (Å²) in [5.41, 5.74) is 0. The van der Waals surface area contributed by atoms with Gasteiger partial charge >= 0.3 is 5.97 Å². The molecule has 0 aliphatic carbocycles. The van der Waals surface area contributed by atoms with Gasteiger partial charge in [0.25, 0.3) is 5.95 Å². The van der Waals surface area contributed by atoms with Gasteiger partial charge in [-0.2, -0.15) is 0 Å². The van der Waals surface area contributed by atoms with Gasteiger partial charge in [0, 0.05) is 12.5 Å². The number of ether oxygens (including phenoxy) is 2. The van der Waals surface area contributed by atoms with Gasteiger partial charge in [-0.25, -0.2) is 0 Å². The molecule has 0 amide bonds. The number of benzene rings is 1. The molecule has 100 valence electrons. The lowest BCUT2D eigenvalue weighted by molar-refractivity contribution is -0.137. The van der Waals surface area contributed by atoms with Crippen molar-refractivity contribution >= 4 is 5.97 Å². The lowest BCUT2D eigenvalue weighted by atomic mass is 10.2. The molecule has 0 atom stereocenters. The van der Waals surface area contributed by atoms with Crippen LogP contribution in [0.5, 0.6) is 17.4 Å². The predicted octanol–water partition coefficient (Wildman–Crippen LogP) is 3.10. The molecular formula is C14H14O5.